The molecule has 1 aromatic carbocycles. The molecule has 1 aromatic heterocycles. The average molecular weight is 351 g/mol. The van der Waals surface area contributed by atoms with Crippen molar-refractivity contribution in [1.82, 2.24) is 14.8 Å². The molecule has 4 rings (SSSR count). The van der Waals surface area contributed by atoms with Gasteiger partial charge in [-0.25, -0.2) is 0 Å². The van der Waals surface area contributed by atoms with E-state index in [1.807, 2.05) is 29.2 Å². The third kappa shape index (κ3) is 3.07. The van der Waals surface area contributed by atoms with Crippen molar-refractivity contribution >= 4 is 5.91 Å². The second kappa shape index (κ2) is 7.08. The first-order valence-corrected chi connectivity index (χ1v) is 9.21. The Labute approximate surface area is 154 Å². The number of pyridine rings is 1. The standard InChI is InChI=1S/C21H25N3O2/c1-23-13-18(15-5-7-17(26-2)8-6-15)19-14-24(11-9-20(19)23)21(25)16-4-3-10-22-12-16/h3-8,10,12,18-20H,9,11,13-14H2,1-2H3/t18-,19-,20-/m1/s1. The third-order valence-electron chi connectivity index (χ3n) is 5.93. The first-order valence-electron chi connectivity index (χ1n) is 9.21. The van der Waals surface area contributed by atoms with Crippen molar-refractivity contribution in [3.63, 3.8) is 0 Å². The Balaban J connectivity index is 1.54. The molecule has 5 nitrogen and oxygen atoms in total. The van der Waals surface area contributed by atoms with Gasteiger partial charge in [0.15, 0.2) is 0 Å². The number of ether oxygens (including phenoxy) is 1. The van der Waals surface area contributed by atoms with Crippen LogP contribution in [0.1, 0.15) is 28.3 Å². The summed E-state index contributed by atoms with van der Waals surface area (Å²) in [6, 6.07) is 12.6. The summed E-state index contributed by atoms with van der Waals surface area (Å²) in [5.74, 6) is 1.89. The fraction of sp³-hybridized carbons (Fsp3) is 0.429. The van der Waals surface area contributed by atoms with Crippen molar-refractivity contribution in [2.75, 3.05) is 33.8 Å². The van der Waals surface area contributed by atoms with E-state index in [1.165, 1.54) is 5.56 Å². The lowest BCUT2D eigenvalue weighted by Gasteiger charge is -2.38. The van der Waals surface area contributed by atoms with Crippen molar-refractivity contribution in [2.45, 2.75) is 18.4 Å². The van der Waals surface area contributed by atoms with Crippen LogP contribution in [0.3, 0.4) is 0 Å². The van der Waals surface area contributed by atoms with E-state index in [4.69, 9.17) is 4.74 Å². The number of carbonyl (C=O) groups is 1. The van der Waals surface area contributed by atoms with E-state index in [1.54, 1.807) is 19.5 Å². The molecular weight excluding hydrogens is 326 g/mol. The third-order valence-corrected chi connectivity index (χ3v) is 5.93. The summed E-state index contributed by atoms with van der Waals surface area (Å²) in [5, 5.41) is 0. The Hall–Kier alpha value is -2.40. The summed E-state index contributed by atoms with van der Waals surface area (Å²) in [6.07, 6.45) is 4.39. The van der Waals surface area contributed by atoms with Crippen molar-refractivity contribution < 1.29 is 9.53 Å². The molecule has 2 saturated heterocycles. The van der Waals surface area contributed by atoms with Gasteiger partial charge in [-0.05, 0) is 43.3 Å². The Morgan fingerprint density at radius 1 is 1.19 bits per heavy atom. The predicted octanol–water partition coefficient (Wildman–Crippen LogP) is 2.65. The highest BCUT2D eigenvalue weighted by molar-refractivity contribution is 5.94. The molecule has 2 aromatic rings. The minimum Gasteiger partial charge on any atom is -0.497 e. The van der Waals surface area contributed by atoms with Gasteiger partial charge in [-0.1, -0.05) is 12.1 Å². The van der Waals surface area contributed by atoms with Crippen molar-refractivity contribution in [3.8, 4) is 5.75 Å². The number of rotatable bonds is 3. The molecule has 2 fully saturated rings. The number of likely N-dealkylation sites (tertiary alicyclic amines) is 2. The first-order chi connectivity index (χ1) is 12.7. The lowest BCUT2D eigenvalue weighted by atomic mass is 9.81. The van der Waals surface area contributed by atoms with Crippen LogP contribution in [0.2, 0.25) is 0 Å². The number of benzene rings is 1. The second-order valence-corrected chi connectivity index (χ2v) is 7.33. The molecule has 0 saturated carbocycles. The van der Waals surface area contributed by atoms with Crippen LogP contribution in [0.5, 0.6) is 5.75 Å². The molecule has 5 heteroatoms. The molecule has 0 radical (unpaired) electrons. The Kier molecular flexibility index (Phi) is 4.64. The van der Waals surface area contributed by atoms with Crippen molar-refractivity contribution in [3.05, 3.63) is 59.9 Å². The molecule has 0 N–H and O–H groups in total. The van der Waals surface area contributed by atoms with Gasteiger partial charge in [0.2, 0.25) is 0 Å². The van der Waals surface area contributed by atoms with E-state index >= 15 is 0 Å². The lowest BCUT2D eigenvalue weighted by Crippen LogP contribution is -2.48. The molecule has 2 aliphatic rings. The van der Waals surface area contributed by atoms with Gasteiger partial charge in [-0.3, -0.25) is 9.78 Å². The maximum atomic E-state index is 12.9. The van der Waals surface area contributed by atoms with Gasteiger partial charge < -0.3 is 14.5 Å². The van der Waals surface area contributed by atoms with Gasteiger partial charge >= 0.3 is 0 Å². The number of piperidine rings is 1. The summed E-state index contributed by atoms with van der Waals surface area (Å²) < 4.78 is 5.29. The summed E-state index contributed by atoms with van der Waals surface area (Å²) in [7, 11) is 3.90. The number of amides is 1. The summed E-state index contributed by atoms with van der Waals surface area (Å²) in [5.41, 5.74) is 2.01. The molecule has 0 bridgehead atoms. The van der Waals surface area contributed by atoms with Gasteiger partial charge in [0.05, 0.1) is 12.7 Å². The predicted molar refractivity (Wildman–Crippen MR) is 100 cm³/mol. The zero-order valence-corrected chi connectivity index (χ0v) is 15.3. The Morgan fingerprint density at radius 3 is 2.69 bits per heavy atom. The normalized spacial score (nSPS) is 25.8. The van der Waals surface area contributed by atoms with Gasteiger partial charge in [0.25, 0.3) is 5.91 Å². The number of aromatic nitrogens is 1. The van der Waals surface area contributed by atoms with E-state index < -0.39 is 0 Å². The zero-order chi connectivity index (χ0) is 18.1. The van der Waals surface area contributed by atoms with Crippen LogP contribution < -0.4 is 4.74 Å². The molecule has 2 aliphatic heterocycles. The first kappa shape index (κ1) is 17.0. The van der Waals surface area contributed by atoms with Crippen LogP contribution in [-0.2, 0) is 0 Å². The maximum Gasteiger partial charge on any atom is 0.255 e. The zero-order valence-electron chi connectivity index (χ0n) is 15.3. The summed E-state index contributed by atoms with van der Waals surface area (Å²) >= 11 is 0. The van der Waals surface area contributed by atoms with E-state index in [0.29, 0.717) is 23.4 Å². The largest absolute Gasteiger partial charge is 0.497 e. The second-order valence-electron chi connectivity index (χ2n) is 7.33. The Bertz CT molecular complexity index is 763. The minimum absolute atomic E-state index is 0.0968. The van der Waals surface area contributed by atoms with E-state index in [-0.39, 0.29) is 5.91 Å². The van der Waals surface area contributed by atoms with Gasteiger partial charge in [0, 0.05) is 49.9 Å². The van der Waals surface area contributed by atoms with Crippen molar-refractivity contribution in [2.24, 2.45) is 5.92 Å². The Morgan fingerprint density at radius 2 is 2.00 bits per heavy atom. The lowest BCUT2D eigenvalue weighted by molar-refractivity contribution is 0.0607. The quantitative estimate of drug-likeness (QED) is 0.853. The van der Waals surface area contributed by atoms with Crippen LogP contribution in [0.25, 0.3) is 0 Å². The van der Waals surface area contributed by atoms with Crippen LogP contribution in [0.4, 0.5) is 0 Å². The van der Waals surface area contributed by atoms with E-state index in [0.717, 1.165) is 31.8 Å². The summed E-state index contributed by atoms with van der Waals surface area (Å²) in [4.78, 5) is 21.4. The van der Waals surface area contributed by atoms with Gasteiger partial charge in [0.1, 0.15) is 5.75 Å². The van der Waals surface area contributed by atoms with Crippen LogP contribution in [0.15, 0.2) is 48.8 Å². The number of hydrogen-bond acceptors (Lipinski definition) is 4. The number of carbonyl (C=O) groups excluding carboxylic acids is 1. The number of likely N-dealkylation sites (N-methyl/N-ethyl adjacent to an activating group) is 1. The molecule has 0 aliphatic carbocycles. The maximum absolute atomic E-state index is 12.9. The highest BCUT2D eigenvalue weighted by Crippen LogP contribution is 2.41. The van der Waals surface area contributed by atoms with Crippen LogP contribution in [0, 0.1) is 5.92 Å². The van der Waals surface area contributed by atoms with Gasteiger partial charge in [-0.15, -0.1) is 0 Å². The number of hydrogen-bond donors (Lipinski definition) is 0. The molecule has 3 atom stereocenters. The molecular formula is C21H25N3O2. The molecule has 0 unspecified atom stereocenters. The van der Waals surface area contributed by atoms with Crippen molar-refractivity contribution in [1.29, 1.82) is 0 Å². The topological polar surface area (TPSA) is 45.7 Å². The number of nitrogens with zero attached hydrogens (tertiary/aromatic N) is 3. The SMILES string of the molecule is COc1ccc([C@H]2CN(C)[C@@H]3CCN(C(=O)c4cccnc4)C[C@H]23)cc1. The summed E-state index contributed by atoms with van der Waals surface area (Å²) in [6.45, 7) is 2.66. The minimum atomic E-state index is 0.0968. The highest BCUT2D eigenvalue weighted by Gasteiger charge is 2.44. The van der Waals surface area contributed by atoms with Gasteiger partial charge in [-0.2, -0.15) is 0 Å². The smallest absolute Gasteiger partial charge is 0.255 e. The molecule has 0 spiro atoms. The monoisotopic (exact) mass is 351 g/mol. The molecule has 136 valence electrons. The number of methoxy groups -OCH3 is 1. The number of fused-ring (bicyclic) bond motifs is 1. The van der Waals surface area contributed by atoms with Crippen LogP contribution >= 0.6 is 0 Å². The molecule has 3 heterocycles. The highest BCUT2D eigenvalue weighted by atomic mass is 16.5. The average Bonchev–Trinajstić information content (AvgIpc) is 3.04. The molecule has 26 heavy (non-hydrogen) atoms. The fourth-order valence-corrected chi connectivity index (χ4v) is 4.55. The molecule has 1 amide bonds. The fourth-order valence-electron chi connectivity index (χ4n) is 4.55. The van der Waals surface area contributed by atoms with E-state index in [2.05, 4.69) is 29.1 Å². The van der Waals surface area contributed by atoms with Crippen LogP contribution in [-0.4, -0.2) is 60.5 Å². The van der Waals surface area contributed by atoms with E-state index in [9.17, 15) is 4.79 Å².